The first-order valence-corrected chi connectivity index (χ1v) is 12.3. The number of halogens is 1. The molecule has 0 radical (unpaired) electrons. The van der Waals surface area contributed by atoms with Crippen LogP contribution in [0.1, 0.15) is 41.6 Å². The topological polar surface area (TPSA) is 104 Å². The monoisotopic (exact) mass is 518 g/mol. The molecule has 8 nitrogen and oxygen atoms in total. The number of ketones is 2. The number of nitrogens with zero attached hydrogens (tertiary/aromatic N) is 1. The molecule has 0 saturated carbocycles. The molecule has 1 aliphatic carbocycles. The molecule has 1 N–H and O–H groups in total. The van der Waals surface area contributed by atoms with Gasteiger partial charge in [0.1, 0.15) is 22.1 Å². The Morgan fingerprint density at radius 3 is 2.59 bits per heavy atom. The van der Waals surface area contributed by atoms with Crippen molar-refractivity contribution < 1.29 is 28.6 Å². The molecular weight excluding hydrogens is 496 g/mol. The van der Waals surface area contributed by atoms with Gasteiger partial charge in [-0.25, -0.2) is 0 Å². The molecule has 2 aliphatic heterocycles. The fourth-order valence-corrected chi connectivity index (χ4v) is 6.05. The minimum absolute atomic E-state index is 0.0693. The van der Waals surface area contributed by atoms with E-state index in [0.29, 0.717) is 11.3 Å². The number of ether oxygens (including phenoxy) is 3. The summed E-state index contributed by atoms with van der Waals surface area (Å²) in [5, 5.41) is 3.87. The van der Waals surface area contributed by atoms with Crippen molar-refractivity contribution in [2.45, 2.75) is 31.3 Å². The van der Waals surface area contributed by atoms with E-state index in [1.807, 2.05) is 30.3 Å². The molecule has 0 bridgehead atoms. The number of carbonyl (C=O) groups is 3. The quantitative estimate of drug-likeness (QED) is 0.513. The van der Waals surface area contributed by atoms with Crippen molar-refractivity contribution in [2.75, 3.05) is 14.2 Å². The van der Waals surface area contributed by atoms with Crippen LogP contribution in [-0.2, 0) is 9.59 Å². The van der Waals surface area contributed by atoms with Gasteiger partial charge in [-0.15, -0.1) is 0 Å². The molecule has 1 amide bonds. The van der Waals surface area contributed by atoms with Crippen LogP contribution in [0.25, 0.3) is 10.9 Å². The SMILES string of the molecule is COc1cc(OC)c2c(c1Cl)OC1(C(=O)C3=C(CC1C)NC(=O)CC3c1ccc3ncccc3c1)C2=O. The van der Waals surface area contributed by atoms with E-state index in [-0.39, 0.29) is 46.6 Å². The van der Waals surface area contributed by atoms with Crippen LogP contribution in [-0.4, -0.2) is 42.3 Å². The lowest BCUT2D eigenvalue weighted by Gasteiger charge is -2.41. The summed E-state index contributed by atoms with van der Waals surface area (Å²) in [6, 6.07) is 11.0. The third kappa shape index (κ3) is 3.21. The van der Waals surface area contributed by atoms with Gasteiger partial charge in [-0.1, -0.05) is 30.7 Å². The van der Waals surface area contributed by atoms with Gasteiger partial charge >= 0.3 is 0 Å². The molecule has 1 spiro atoms. The Morgan fingerprint density at radius 2 is 1.84 bits per heavy atom. The molecule has 0 saturated heterocycles. The Kier molecular flexibility index (Phi) is 5.28. The van der Waals surface area contributed by atoms with Gasteiger partial charge in [0.2, 0.25) is 23.1 Å². The lowest BCUT2D eigenvalue weighted by atomic mass is 9.66. The number of carbonyl (C=O) groups excluding carboxylic acids is 3. The molecule has 3 aromatic rings. The number of aromatic nitrogens is 1. The smallest absolute Gasteiger partial charge is 0.236 e. The Labute approximate surface area is 217 Å². The maximum absolute atomic E-state index is 14.4. The number of nitrogens with one attached hydrogen (secondary N) is 1. The molecule has 188 valence electrons. The summed E-state index contributed by atoms with van der Waals surface area (Å²) in [6.07, 6.45) is 2.05. The Hall–Kier alpha value is -3.91. The van der Waals surface area contributed by atoms with Crippen LogP contribution in [0, 0.1) is 5.92 Å². The molecule has 2 aromatic carbocycles. The minimum atomic E-state index is -1.83. The lowest BCUT2D eigenvalue weighted by Crippen LogP contribution is -2.59. The Balaban J connectivity index is 1.50. The molecular formula is C28H23ClN2O6. The van der Waals surface area contributed by atoms with Crippen LogP contribution >= 0.6 is 11.6 Å². The zero-order valence-electron chi connectivity index (χ0n) is 20.4. The molecule has 6 rings (SSSR count). The predicted molar refractivity (Wildman–Crippen MR) is 135 cm³/mol. The molecule has 1 aromatic heterocycles. The van der Waals surface area contributed by atoms with E-state index in [0.717, 1.165) is 16.5 Å². The van der Waals surface area contributed by atoms with E-state index in [2.05, 4.69) is 10.3 Å². The van der Waals surface area contributed by atoms with Crippen molar-refractivity contribution in [3.63, 3.8) is 0 Å². The van der Waals surface area contributed by atoms with E-state index < -0.39 is 29.0 Å². The summed E-state index contributed by atoms with van der Waals surface area (Å²) in [5.74, 6) is -1.73. The third-order valence-corrected chi connectivity index (χ3v) is 7.95. The average molecular weight is 519 g/mol. The highest BCUT2D eigenvalue weighted by molar-refractivity contribution is 6.36. The number of fused-ring (bicyclic) bond motifs is 2. The number of allylic oxidation sites excluding steroid dienone is 1. The van der Waals surface area contributed by atoms with Gasteiger partial charge in [0.15, 0.2) is 5.75 Å². The highest BCUT2D eigenvalue weighted by atomic mass is 35.5. The molecule has 3 aliphatic rings. The number of benzene rings is 2. The average Bonchev–Trinajstić information content (AvgIpc) is 3.21. The first-order chi connectivity index (χ1) is 17.8. The van der Waals surface area contributed by atoms with Crippen molar-refractivity contribution in [2.24, 2.45) is 5.92 Å². The van der Waals surface area contributed by atoms with Crippen molar-refractivity contribution in [1.29, 1.82) is 0 Å². The molecule has 3 atom stereocenters. The number of rotatable bonds is 3. The number of pyridine rings is 1. The van der Waals surface area contributed by atoms with E-state index in [1.54, 1.807) is 13.1 Å². The second kappa shape index (κ2) is 8.31. The zero-order valence-corrected chi connectivity index (χ0v) is 21.1. The van der Waals surface area contributed by atoms with Gasteiger partial charge in [0.05, 0.1) is 19.7 Å². The summed E-state index contributed by atoms with van der Waals surface area (Å²) in [6.45, 7) is 1.76. The highest BCUT2D eigenvalue weighted by Gasteiger charge is 2.63. The first-order valence-electron chi connectivity index (χ1n) is 11.9. The van der Waals surface area contributed by atoms with E-state index in [1.165, 1.54) is 20.3 Å². The molecule has 3 unspecified atom stereocenters. The van der Waals surface area contributed by atoms with Gasteiger partial charge in [-0.3, -0.25) is 19.4 Å². The van der Waals surface area contributed by atoms with Crippen molar-refractivity contribution >= 4 is 40.0 Å². The van der Waals surface area contributed by atoms with Crippen LogP contribution in [0.2, 0.25) is 5.02 Å². The number of Topliss-reactive ketones (excluding diaryl/α,β-unsaturated/α-hetero) is 2. The molecule has 9 heteroatoms. The second-order valence-electron chi connectivity index (χ2n) is 9.55. The summed E-state index contributed by atoms with van der Waals surface area (Å²) in [4.78, 5) is 45.5. The van der Waals surface area contributed by atoms with Crippen LogP contribution in [0.15, 0.2) is 53.9 Å². The normalized spacial score (nSPS) is 24.6. The van der Waals surface area contributed by atoms with Gasteiger partial charge in [-0.05, 0) is 30.2 Å². The fraction of sp³-hybridized carbons (Fsp3) is 0.286. The molecule has 0 fully saturated rings. The first kappa shape index (κ1) is 23.5. The summed E-state index contributed by atoms with van der Waals surface area (Å²) in [5.41, 5.74) is 0.791. The summed E-state index contributed by atoms with van der Waals surface area (Å²) >= 11 is 6.54. The second-order valence-corrected chi connectivity index (χ2v) is 9.93. The fourth-order valence-electron chi connectivity index (χ4n) is 5.79. The van der Waals surface area contributed by atoms with Crippen LogP contribution < -0.4 is 19.5 Å². The van der Waals surface area contributed by atoms with Crippen LogP contribution in [0.4, 0.5) is 0 Å². The lowest BCUT2D eigenvalue weighted by molar-refractivity contribution is -0.131. The van der Waals surface area contributed by atoms with Crippen molar-refractivity contribution in [3.8, 4) is 17.2 Å². The highest BCUT2D eigenvalue weighted by Crippen LogP contribution is 2.55. The number of methoxy groups -OCH3 is 2. The Morgan fingerprint density at radius 1 is 1.05 bits per heavy atom. The van der Waals surface area contributed by atoms with Crippen molar-refractivity contribution in [3.05, 3.63) is 70.0 Å². The minimum Gasteiger partial charge on any atom is -0.496 e. The van der Waals surface area contributed by atoms with Crippen molar-refractivity contribution in [1.82, 2.24) is 10.3 Å². The predicted octanol–water partition coefficient (Wildman–Crippen LogP) is 4.39. The number of amides is 1. The van der Waals surface area contributed by atoms with Crippen LogP contribution in [0.3, 0.4) is 0 Å². The third-order valence-electron chi connectivity index (χ3n) is 7.59. The summed E-state index contributed by atoms with van der Waals surface area (Å²) < 4.78 is 17.1. The van der Waals surface area contributed by atoms with E-state index in [9.17, 15) is 14.4 Å². The van der Waals surface area contributed by atoms with Gasteiger partial charge in [0.25, 0.3) is 0 Å². The molecule has 3 heterocycles. The maximum Gasteiger partial charge on any atom is 0.236 e. The maximum atomic E-state index is 14.4. The van der Waals surface area contributed by atoms with E-state index in [4.69, 9.17) is 25.8 Å². The largest absolute Gasteiger partial charge is 0.496 e. The van der Waals surface area contributed by atoms with E-state index >= 15 is 0 Å². The van der Waals surface area contributed by atoms with Gasteiger partial charge in [-0.2, -0.15) is 0 Å². The van der Waals surface area contributed by atoms with Gasteiger partial charge < -0.3 is 19.5 Å². The van der Waals surface area contributed by atoms with Gasteiger partial charge in [0, 0.05) is 47.2 Å². The molecule has 37 heavy (non-hydrogen) atoms. The summed E-state index contributed by atoms with van der Waals surface area (Å²) in [7, 11) is 2.87. The standard InChI is InChI=1S/C28H23ClN2O6/c1-13-9-18-22(16(11-21(32)31-18)14-6-7-17-15(10-14)5-4-8-30-17)26(33)28(13)27(34)23-19(35-2)12-20(36-3)24(29)25(23)37-28/h4-8,10,12-13,16H,9,11H2,1-3H3,(H,31,32). The Bertz CT molecular complexity index is 1560. The number of hydrogen-bond acceptors (Lipinski definition) is 7. The number of hydrogen-bond donors (Lipinski definition) is 1. The van der Waals surface area contributed by atoms with Crippen LogP contribution in [0.5, 0.6) is 17.2 Å². The zero-order chi connectivity index (χ0) is 26.1.